The Morgan fingerprint density at radius 1 is 1.14 bits per heavy atom. The largest absolute Gasteiger partial charge is 0.451 e. The number of fused-ring (bicyclic) bond motifs is 1. The fraction of sp³-hybridized carbons (Fsp3) is 0.444. The lowest BCUT2D eigenvalue weighted by molar-refractivity contribution is -0.144. The molecule has 0 aliphatic carbocycles. The van der Waals surface area contributed by atoms with E-state index in [1.165, 1.54) is 30.0 Å². The molecule has 0 bridgehead atoms. The molecule has 0 unspecified atom stereocenters. The number of aromatic nitrogens is 2. The predicted molar refractivity (Wildman–Crippen MR) is 95.4 cm³/mol. The lowest BCUT2D eigenvalue weighted by Crippen LogP contribution is -2.49. The molecule has 0 saturated carbocycles. The third-order valence-electron chi connectivity index (χ3n) is 4.44. The van der Waals surface area contributed by atoms with E-state index in [4.69, 9.17) is 4.74 Å². The summed E-state index contributed by atoms with van der Waals surface area (Å²) in [6.45, 7) is 4.48. The minimum Gasteiger partial charge on any atom is -0.450 e. The number of nitrogens with zero attached hydrogens (tertiary/aromatic N) is 4. The first-order valence-corrected chi connectivity index (χ1v) is 8.77. The lowest BCUT2D eigenvalue weighted by atomic mass is 10.1. The van der Waals surface area contributed by atoms with Gasteiger partial charge in [0.25, 0.3) is 0 Å². The molecule has 1 aromatic carbocycles. The Balaban J connectivity index is 1.99. The van der Waals surface area contributed by atoms with Crippen LogP contribution in [0.4, 0.5) is 23.8 Å². The van der Waals surface area contributed by atoms with Crippen molar-refractivity contribution in [3.63, 3.8) is 0 Å². The summed E-state index contributed by atoms with van der Waals surface area (Å²) >= 11 is 0. The van der Waals surface area contributed by atoms with Crippen molar-refractivity contribution < 1.29 is 27.5 Å². The van der Waals surface area contributed by atoms with Gasteiger partial charge in [-0.3, -0.25) is 4.79 Å². The number of hydrogen-bond donors (Lipinski definition) is 0. The Kier molecular flexibility index (Phi) is 5.39. The zero-order valence-electron chi connectivity index (χ0n) is 15.4. The number of Topliss-reactive ketones (excluding diaryl/α,β-unsaturated/α-hetero) is 1. The summed E-state index contributed by atoms with van der Waals surface area (Å²) in [5.74, 6) is -1.35. The van der Waals surface area contributed by atoms with E-state index in [1.807, 2.05) is 0 Å². The smallest absolute Gasteiger partial charge is 0.450 e. The van der Waals surface area contributed by atoms with Crippen molar-refractivity contribution in [2.24, 2.45) is 0 Å². The normalized spacial score (nSPS) is 15.0. The van der Waals surface area contributed by atoms with Gasteiger partial charge in [-0.2, -0.15) is 13.2 Å². The predicted octanol–water partition coefficient (Wildman–Crippen LogP) is 3.13. The molecule has 1 aliphatic heterocycles. The number of carbonyl (C=O) groups excluding carboxylic acids is 2. The van der Waals surface area contributed by atoms with Crippen molar-refractivity contribution in [3.8, 4) is 0 Å². The SMILES string of the molecule is CCOC(=O)N1CCN(c2nc(C(F)(F)F)nc3ccc(C(C)=O)cc23)CC1. The highest BCUT2D eigenvalue weighted by atomic mass is 19.4. The molecule has 0 N–H and O–H groups in total. The first kappa shape index (κ1) is 19.8. The van der Waals surface area contributed by atoms with Crippen LogP contribution < -0.4 is 4.90 Å². The van der Waals surface area contributed by atoms with Crippen LogP contribution in [0.1, 0.15) is 30.0 Å². The Morgan fingerprint density at radius 3 is 2.39 bits per heavy atom. The van der Waals surface area contributed by atoms with E-state index in [1.54, 1.807) is 11.8 Å². The average Bonchev–Trinajstić information content (AvgIpc) is 2.66. The number of ketones is 1. The molecule has 1 amide bonds. The van der Waals surface area contributed by atoms with Crippen LogP contribution in [-0.2, 0) is 10.9 Å². The molecule has 1 fully saturated rings. The van der Waals surface area contributed by atoms with Crippen LogP contribution in [0.15, 0.2) is 18.2 Å². The van der Waals surface area contributed by atoms with Gasteiger partial charge in [0.2, 0.25) is 5.82 Å². The number of amides is 1. The number of halogens is 3. The van der Waals surface area contributed by atoms with Crippen molar-refractivity contribution in [2.45, 2.75) is 20.0 Å². The Hall–Kier alpha value is -2.91. The minimum atomic E-state index is -4.70. The zero-order valence-corrected chi connectivity index (χ0v) is 15.4. The summed E-state index contributed by atoms with van der Waals surface area (Å²) in [5.41, 5.74) is 0.470. The molecule has 1 aromatic heterocycles. The van der Waals surface area contributed by atoms with Gasteiger partial charge in [-0.15, -0.1) is 0 Å². The van der Waals surface area contributed by atoms with Crippen LogP contribution in [0.3, 0.4) is 0 Å². The summed E-state index contributed by atoms with van der Waals surface area (Å²) < 4.78 is 44.7. The highest BCUT2D eigenvalue weighted by molar-refractivity contribution is 6.00. The number of carbonyl (C=O) groups is 2. The fourth-order valence-corrected chi connectivity index (χ4v) is 3.01. The first-order valence-electron chi connectivity index (χ1n) is 8.77. The van der Waals surface area contributed by atoms with E-state index in [2.05, 4.69) is 9.97 Å². The van der Waals surface area contributed by atoms with Crippen LogP contribution in [0.5, 0.6) is 0 Å². The highest BCUT2D eigenvalue weighted by Crippen LogP contribution is 2.32. The summed E-state index contributed by atoms with van der Waals surface area (Å²) in [7, 11) is 0. The summed E-state index contributed by atoms with van der Waals surface area (Å²) in [6.07, 6.45) is -5.15. The van der Waals surface area contributed by atoms with Crippen LogP contribution >= 0.6 is 0 Å². The summed E-state index contributed by atoms with van der Waals surface area (Å²) in [4.78, 5) is 34.0. The summed E-state index contributed by atoms with van der Waals surface area (Å²) in [5, 5.41) is 0.366. The number of piperazine rings is 1. The van der Waals surface area contributed by atoms with Crippen molar-refractivity contribution >= 4 is 28.6 Å². The Labute approximate surface area is 159 Å². The van der Waals surface area contributed by atoms with Gasteiger partial charge in [0, 0.05) is 37.1 Å². The molecule has 1 aliphatic rings. The third-order valence-corrected chi connectivity index (χ3v) is 4.44. The lowest BCUT2D eigenvalue weighted by Gasteiger charge is -2.35. The van der Waals surface area contributed by atoms with Gasteiger partial charge < -0.3 is 14.5 Å². The Bertz CT molecular complexity index is 909. The van der Waals surface area contributed by atoms with E-state index in [9.17, 15) is 22.8 Å². The number of benzene rings is 1. The second-order valence-corrected chi connectivity index (χ2v) is 6.33. The molecule has 1 saturated heterocycles. The number of rotatable bonds is 3. The van der Waals surface area contributed by atoms with Gasteiger partial charge in [-0.1, -0.05) is 0 Å². The second-order valence-electron chi connectivity index (χ2n) is 6.33. The maximum atomic E-state index is 13.3. The second kappa shape index (κ2) is 7.61. The van der Waals surface area contributed by atoms with E-state index < -0.39 is 18.1 Å². The molecule has 3 rings (SSSR count). The number of hydrogen-bond acceptors (Lipinski definition) is 6. The van der Waals surface area contributed by atoms with Gasteiger partial charge in [0.1, 0.15) is 5.82 Å². The molecular weight excluding hydrogens is 377 g/mol. The number of ether oxygens (including phenoxy) is 1. The maximum Gasteiger partial charge on any atom is 0.451 e. The van der Waals surface area contributed by atoms with Crippen molar-refractivity contribution in [3.05, 3.63) is 29.6 Å². The van der Waals surface area contributed by atoms with Crippen molar-refractivity contribution in [1.29, 1.82) is 0 Å². The zero-order chi connectivity index (χ0) is 20.5. The van der Waals surface area contributed by atoms with E-state index in [0.717, 1.165) is 0 Å². The molecule has 0 atom stereocenters. The van der Waals surface area contributed by atoms with Gasteiger partial charge in [0.05, 0.1) is 12.1 Å². The number of alkyl halides is 3. The molecule has 28 heavy (non-hydrogen) atoms. The molecule has 2 heterocycles. The third kappa shape index (κ3) is 4.00. The van der Waals surface area contributed by atoms with Crippen LogP contribution in [0.2, 0.25) is 0 Å². The van der Waals surface area contributed by atoms with Crippen LogP contribution in [0.25, 0.3) is 10.9 Å². The topological polar surface area (TPSA) is 75.6 Å². The van der Waals surface area contributed by atoms with Gasteiger partial charge in [-0.05, 0) is 32.0 Å². The van der Waals surface area contributed by atoms with Crippen molar-refractivity contribution in [2.75, 3.05) is 37.7 Å². The quantitative estimate of drug-likeness (QED) is 0.742. The number of anilines is 1. The van der Waals surface area contributed by atoms with Crippen LogP contribution in [-0.4, -0.2) is 59.5 Å². The molecule has 2 aromatic rings. The Morgan fingerprint density at radius 2 is 1.82 bits per heavy atom. The van der Waals surface area contributed by atoms with Crippen LogP contribution in [0, 0.1) is 0 Å². The van der Waals surface area contributed by atoms with Gasteiger partial charge in [0.15, 0.2) is 5.78 Å². The average molecular weight is 396 g/mol. The van der Waals surface area contributed by atoms with E-state index in [0.29, 0.717) is 10.9 Å². The highest BCUT2D eigenvalue weighted by Gasteiger charge is 2.36. The van der Waals surface area contributed by atoms with E-state index >= 15 is 0 Å². The minimum absolute atomic E-state index is 0.101. The van der Waals surface area contributed by atoms with Gasteiger partial charge in [-0.25, -0.2) is 14.8 Å². The molecule has 0 spiro atoms. The van der Waals surface area contributed by atoms with Gasteiger partial charge >= 0.3 is 12.3 Å². The maximum absolute atomic E-state index is 13.3. The molecular formula is C18H19F3N4O3. The first-order chi connectivity index (χ1) is 13.2. The molecule has 150 valence electrons. The standard InChI is InChI=1S/C18H19F3N4O3/c1-3-28-17(27)25-8-6-24(7-9-25)15-13-10-12(11(2)26)4-5-14(13)22-16(23-15)18(19,20)21/h4-5,10H,3,6-9H2,1-2H3. The molecule has 10 heteroatoms. The molecule has 0 radical (unpaired) electrons. The van der Waals surface area contributed by atoms with Crippen molar-refractivity contribution in [1.82, 2.24) is 14.9 Å². The fourth-order valence-electron chi connectivity index (χ4n) is 3.01. The monoisotopic (exact) mass is 396 g/mol. The summed E-state index contributed by atoms with van der Waals surface area (Å²) in [6, 6.07) is 4.34. The molecule has 7 nitrogen and oxygen atoms in total. The van der Waals surface area contributed by atoms with E-state index in [-0.39, 0.29) is 49.9 Å².